The Balaban J connectivity index is 1.34. The lowest BCUT2D eigenvalue weighted by Crippen LogP contribution is -2.52. The van der Waals surface area contributed by atoms with Crippen LogP contribution in [0.1, 0.15) is 30.9 Å². The monoisotopic (exact) mass is 457 g/mol. The summed E-state index contributed by atoms with van der Waals surface area (Å²) in [5.41, 5.74) is 6.35. The van der Waals surface area contributed by atoms with Gasteiger partial charge in [-0.2, -0.15) is 0 Å². The van der Waals surface area contributed by atoms with E-state index >= 15 is 0 Å². The number of piperazine rings is 1. The normalized spacial score (nSPS) is 19.1. The summed E-state index contributed by atoms with van der Waals surface area (Å²) in [7, 11) is 2.22. The van der Waals surface area contributed by atoms with Gasteiger partial charge in [-0.1, -0.05) is 30.3 Å². The summed E-state index contributed by atoms with van der Waals surface area (Å²) >= 11 is 0. The molecule has 0 atom stereocenters. The van der Waals surface area contributed by atoms with Crippen molar-refractivity contribution < 1.29 is 0 Å². The fourth-order valence-electron chi connectivity index (χ4n) is 5.37. The van der Waals surface area contributed by atoms with Gasteiger partial charge in [-0.05, 0) is 57.5 Å². The molecular weight excluding hydrogens is 422 g/mol. The van der Waals surface area contributed by atoms with Gasteiger partial charge in [0.1, 0.15) is 0 Å². The number of fused-ring (bicyclic) bond motifs is 1. The van der Waals surface area contributed by atoms with Crippen molar-refractivity contribution in [1.29, 1.82) is 0 Å². The van der Waals surface area contributed by atoms with E-state index in [0.717, 1.165) is 41.3 Å². The van der Waals surface area contributed by atoms with Gasteiger partial charge in [0.25, 0.3) is 5.56 Å². The molecule has 34 heavy (non-hydrogen) atoms. The van der Waals surface area contributed by atoms with Gasteiger partial charge in [0, 0.05) is 62.3 Å². The van der Waals surface area contributed by atoms with Crippen LogP contribution in [0.15, 0.2) is 58.3 Å². The van der Waals surface area contributed by atoms with Crippen LogP contribution in [0.2, 0.25) is 0 Å². The third-order valence-corrected chi connectivity index (χ3v) is 7.51. The van der Waals surface area contributed by atoms with Gasteiger partial charge in [-0.25, -0.2) is 0 Å². The maximum absolute atomic E-state index is 12.7. The van der Waals surface area contributed by atoms with Gasteiger partial charge in [0.2, 0.25) is 0 Å². The molecule has 2 saturated heterocycles. The van der Waals surface area contributed by atoms with Crippen molar-refractivity contribution in [1.82, 2.24) is 14.8 Å². The Morgan fingerprint density at radius 2 is 1.71 bits per heavy atom. The Hall–Kier alpha value is -2.96. The van der Waals surface area contributed by atoms with E-state index in [9.17, 15) is 4.79 Å². The van der Waals surface area contributed by atoms with Crippen molar-refractivity contribution in [2.75, 3.05) is 51.2 Å². The van der Waals surface area contributed by atoms with Crippen LogP contribution in [0, 0.1) is 6.92 Å². The first-order chi connectivity index (χ1) is 16.5. The molecule has 0 aromatic heterocycles. The average molecular weight is 458 g/mol. The minimum Gasteiger partial charge on any atom is -0.371 e. The number of aryl methyl sites for hydroxylation is 1. The van der Waals surface area contributed by atoms with Gasteiger partial charge in [0.05, 0.1) is 17.0 Å². The van der Waals surface area contributed by atoms with E-state index in [0.29, 0.717) is 11.6 Å². The molecule has 6 nitrogen and oxygen atoms in total. The number of benzene rings is 1. The molecule has 178 valence electrons. The minimum atomic E-state index is -0.0813. The maximum Gasteiger partial charge on any atom is 0.258 e. The Morgan fingerprint density at radius 1 is 0.971 bits per heavy atom. The van der Waals surface area contributed by atoms with E-state index < -0.39 is 0 Å². The molecular formula is C28H35N5O. The van der Waals surface area contributed by atoms with Crippen LogP contribution in [-0.2, 0) is 0 Å². The third-order valence-electron chi connectivity index (χ3n) is 7.51. The number of H-pyrrole nitrogens is 1. The zero-order valence-corrected chi connectivity index (χ0v) is 20.6. The molecule has 2 fully saturated rings. The number of likely N-dealkylation sites (N-methyl/N-ethyl adjacent to an activating group) is 1. The van der Waals surface area contributed by atoms with Crippen LogP contribution >= 0.6 is 0 Å². The lowest BCUT2D eigenvalue weighted by atomic mass is 10.0. The highest BCUT2D eigenvalue weighted by Crippen LogP contribution is 2.30. The second kappa shape index (κ2) is 9.72. The molecule has 1 aromatic carbocycles. The van der Waals surface area contributed by atoms with Gasteiger partial charge in [-0.15, -0.1) is 0 Å². The molecule has 1 aliphatic carbocycles. The van der Waals surface area contributed by atoms with Gasteiger partial charge < -0.3 is 14.8 Å². The third kappa shape index (κ3) is 4.65. The number of nitrogens with one attached hydrogen (secondary N) is 1. The predicted molar refractivity (Wildman–Crippen MR) is 141 cm³/mol. The molecule has 1 aromatic rings. The largest absolute Gasteiger partial charge is 0.371 e. The Kier molecular flexibility index (Phi) is 6.53. The van der Waals surface area contributed by atoms with Crippen molar-refractivity contribution in [2.45, 2.75) is 32.7 Å². The summed E-state index contributed by atoms with van der Waals surface area (Å²) in [5.74, 6) is 0. The Morgan fingerprint density at radius 3 is 2.47 bits per heavy atom. The van der Waals surface area contributed by atoms with E-state index in [1.807, 2.05) is 37.3 Å². The van der Waals surface area contributed by atoms with Crippen molar-refractivity contribution in [3.63, 3.8) is 0 Å². The molecule has 3 heterocycles. The van der Waals surface area contributed by atoms with E-state index in [1.165, 1.54) is 44.7 Å². The molecule has 6 heteroatoms. The molecule has 0 spiro atoms. The zero-order chi connectivity index (χ0) is 23.7. The first kappa shape index (κ1) is 22.8. The molecule has 0 unspecified atom stereocenters. The van der Waals surface area contributed by atoms with Crippen LogP contribution < -0.4 is 10.5 Å². The number of rotatable bonds is 4. The number of aromatic amines is 1. The molecule has 1 N–H and O–H groups in total. The molecule has 0 radical (unpaired) electrons. The fourth-order valence-corrected chi connectivity index (χ4v) is 5.37. The standard InChI is InChI=1S/C28H35N5O/c1-20-9-10-23(32-13-11-22(12-14-32)33-17-15-31(3)16-18-33)19-26(20)29-21(2)27-24-7-5-4-6-8-25(24)30-28(27)34/h4-10,19,22H,11-18H2,1-3H3,(H,30,34). The lowest BCUT2D eigenvalue weighted by molar-refractivity contribution is 0.0982. The van der Waals surface area contributed by atoms with Gasteiger partial charge in [-0.3, -0.25) is 14.7 Å². The quantitative estimate of drug-likeness (QED) is 0.598. The first-order valence-electron chi connectivity index (χ1n) is 12.4. The summed E-state index contributed by atoms with van der Waals surface area (Å²) in [6.45, 7) is 10.9. The summed E-state index contributed by atoms with van der Waals surface area (Å²) < 4.78 is 0. The molecule has 3 aliphatic heterocycles. The summed E-state index contributed by atoms with van der Waals surface area (Å²) in [6.07, 6.45) is 2.42. The smallest absolute Gasteiger partial charge is 0.258 e. The van der Waals surface area contributed by atoms with Crippen molar-refractivity contribution in [2.24, 2.45) is 4.99 Å². The van der Waals surface area contributed by atoms with Crippen molar-refractivity contribution in [3.05, 3.63) is 70.0 Å². The van der Waals surface area contributed by atoms with Crippen LogP contribution in [0.25, 0.3) is 11.3 Å². The van der Waals surface area contributed by atoms with Gasteiger partial charge in [0.15, 0.2) is 0 Å². The molecule has 0 amide bonds. The summed E-state index contributed by atoms with van der Waals surface area (Å²) in [5, 5.41) is 0. The van der Waals surface area contributed by atoms with E-state index in [-0.39, 0.29) is 5.56 Å². The molecule has 0 bridgehead atoms. The predicted octanol–water partition coefficient (Wildman–Crippen LogP) is 4.15. The molecule has 5 rings (SSSR count). The number of anilines is 1. The van der Waals surface area contributed by atoms with Crippen LogP contribution in [0.3, 0.4) is 0 Å². The SMILES string of the molecule is CC(=Nc1cc(N2CCC(N3CCN(C)CC3)CC2)ccc1C)c1c2cccccc-2[nH]c1=O. The topological polar surface area (TPSA) is 54.9 Å². The summed E-state index contributed by atoms with van der Waals surface area (Å²) in [6, 6.07) is 17.0. The minimum absolute atomic E-state index is 0.0813. The number of hydrogen-bond acceptors (Lipinski definition) is 5. The molecule has 0 saturated carbocycles. The highest BCUT2D eigenvalue weighted by atomic mass is 16.1. The first-order valence-corrected chi connectivity index (χ1v) is 12.4. The van der Waals surface area contributed by atoms with E-state index in [4.69, 9.17) is 4.99 Å². The Bertz CT molecular complexity index is 1200. The van der Waals surface area contributed by atoms with Crippen LogP contribution in [0.5, 0.6) is 0 Å². The highest BCUT2D eigenvalue weighted by molar-refractivity contribution is 6.05. The second-order valence-corrected chi connectivity index (χ2v) is 9.79. The maximum atomic E-state index is 12.7. The highest BCUT2D eigenvalue weighted by Gasteiger charge is 2.27. The number of piperidine rings is 1. The summed E-state index contributed by atoms with van der Waals surface area (Å²) in [4.78, 5) is 28.2. The number of aliphatic imine (C=N–C) groups is 1. The molecule has 4 aliphatic rings. The second-order valence-electron chi connectivity index (χ2n) is 9.79. The van der Waals surface area contributed by atoms with E-state index in [1.54, 1.807) is 0 Å². The van der Waals surface area contributed by atoms with Gasteiger partial charge >= 0.3 is 0 Å². The zero-order valence-electron chi connectivity index (χ0n) is 20.6. The Labute approximate surface area is 202 Å². The number of nitrogens with zero attached hydrogens (tertiary/aromatic N) is 4. The average Bonchev–Trinajstić information content (AvgIpc) is 2.99. The number of aromatic nitrogens is 1. The lowest BCUT2D eigenvalue weighted by Gasteiger charge is -2.42. The van der Waals surface area contributed by atoms with Crippen LogP contribution in [-0.4, -0.2) is 72.9 Å². The van der Waals surface area contributed by atoms with Crippen molar-refractivity contribution >= 4 is 17.1 Å². The number of hydrogen-bond donors (Lipinski definition) is 1. The van der Waals surface area contributed by atoms with E-state index in [2.05, 4.69) is 51.9 Å². The van der Waals surface area contributed by atoms with Crippen molar-refractivity contribution in [3.8, 4) is 11.3 Å². The van der Waals surface area contributed by atoms with Crippen LogP contribution in [0.4, 0.5) is 11.4 Å². The fraction of sp³-hybridized carbons (Fsp3) is 0.429.